The number of carbonyl (C=O) groups excluding carboxylic acids is 4. The van der Waals surface area contributed by atoms with Gasteiger partial charge >= 0.3 is 19.1 Å². The molecule has 13 heterocycles. The predicted octanol–water partition coefficient (Wildman–Crippen LogP) is 13.7. The topological polar surface area (TPSA) is 345 Å². The number of halogens is 1. The Morgan fingerprint density at radius 3 is 1.17 bits per heavy atom. The zero-order valence-corrected chi connectivity index (χ0v) is 65.3. The van der Waals surface area contributed by atoms with E-state index in [9.17, 15) is 19.2 Å². The molecule has 0 saturated carbocycles. The normalized spacial score (nSPS) is 12.6. The zero-order valence-electron chi connectivity index (χ0n) is 60.5. The molecule has 0 bridgehead atoms. The number of aryl methyl sites for hydroxylation is 8. The third-order valence-corrected chi connectivity index (χ3v) is 19.7. The van der Waals surface area contributed by atoms with E-state index < -0.39 is 30.3 Å². The van der Waals surface area contributed by atoms with Crippen LogP contribution in [0.15, 0.2) is 112 Å². The van der Waals surface area contributed by atoms with Crippen molar-refractivity contribution in [2.75, 3.05) is 24.9 Å². The average molecular weight is 1540 g/mol. The van der Waals surface area contributed by atoms with Crippen molar-refractivity contribution in [1.82, 2.24) is 90.3 Å². The molecule has 34 heteroatoms. The third-order valence-electron chi connectivity index (χ3n) is 15.9. The number of pyridine rings is 6. The molecule has 1 aliphatic heterocycles. The van der Waals surface area contributed by atoms with Crippen molar-refractivity contribution in [1.29, 1.82) is 0 Å². The van der Waals surface area contributed by atoms with Crippen LogP contribution in [0.25, 0.3) is 56.8 Å². The first-order chi connectivity index (χ1) is 49.4. The van der Waals surface area contributed by atoms with E-state index in [0.717, 1.165) is 86.1 Å². The first kappa shape index (κ1) is 78.1. The summed E-state index contributed by atoms with van der Waals surface area (Å²) in [5.41, 5.74) is 11.3. The fraction of sp³-hybridized carbons (Fsp3) is 0.314. The molecule has 1 saturated heterocycles. The van der Waals surface area contributed by atoms with Gasteiger partial charge in [0.2, 0.25) is 11.6 Å². The van der Waals surface area contributed by atoms with Crippen molar-refractivity contribution in [3.8, 4) is 56.8 Å². The molecule has 12 aromatic rings. The van der Waals surface area contributed by atoms with Gasteiger partial charge in [-0.05, 0) is 224 Å². The summed E-state index contributed by atoms with van der Waals surface area (Å²) >= 11 is 9.59. The Labute approximate surface area is 625 Å². The molecule has 1 fully saturated rings. The lowest BCUT2D eigenvalue weighted by atomic mass is 9.76. The summed E-state index contributed by atoms with van der Waals surface area (Å²) in [4.78, 5) is 91.7. The summed E-state index contributed by atoms with van der Waals surface area (Å²) in [7, 11) is 2.17. The van der Waals surface area contributed by atoms with Crippen LogP contribution < -0.4 is 16.1 Å². The predicted molar refractivity (Wildman–Crippen MR) is 405 cm³/mol. The van der Waals surface area contributed by atoms with E-state index in [4.69, 9.17) is 14.0 Å². The minimum Gasteiger partial charge on any atom is -0.464 e. The van der Waals surface area contributed by atoms with Gasteiger partial charge in [0.05, 0.1) is 74.6 Å². The standard InChI is InChI=1S/2C20H20N8OS.C14H20BNO4.C12H12N2O2S.C4H4BrNS/c2*1-11(2)28-19(25-26-27-28)15-6-5-7-18(23-15)24-20(29)16-8-14(12(3)9-21-16)17-10-30-13(4)22-17;1-9-8-16-11(12(17)18-6)7-10(9)15-19-13(2,3)14(4,5)20-15;1-7-5-13-10(12(15)16-3)4-9(7)11-6-17-8(2)14-11;1-3-6-4(5)2-7-3/h2*5-11H,1-4H3,(H,23,24,29);7-8H,1-6H3;4-6H,1-3H3;2H,1H3. The maximum Gasteiger partial charge on any atom is 0.495 e. The highest BCUT2D eigenvalue weighted by Gasteiger charge is 2.52. The minimum atomic E-state index is -0.508. The van der Waals surface area contributed by atoms with Crippen molar-refractivity contribution >= 4 is 109 Å². The molecular weight excluding hydrogens is 1470 g/mol. The number of methoxy groups -OCH3 is 2. The number of nitrogens with one attached hydrogen (secondary N) is 2. The van der Waals surface area contributed by atoms with E-state index in [1.165, 1.54) is 14.2 Å². The number of aromatic nitrogens is 18. The molecule has 0 radical (unpaired) electrons. The van der Waals surface area contributed by atoms with E-state index in [0.29, 0.717) is 51.8 Å². The number of nitrogens with zero attached hydrogens (tertiary/aromatic N) is 18. The summed E-state index contributed by atoms with van der Waals surface area (Å²) in [6.07, 6.45) is 6.65. The zero-order chi connectivity index (χ0) is 75.3. The Morgan fingerprint density at radius 1 is 0.481 bits per heavy atom. The summed E-state index contributed by atoms with van der Waals surface area (Å²) in [5, 5.41) is 41.1. The van der Waals surface area contributed by atoms with E-state index in [-0.39, 0.29) is 29.6 Å². The van der Waals surface area contributed by atoms with Gasteiger partial charge in [-0.25, -0.2) is 58.8 Å². The van der Waals surface area contributed by atoms with Crippen LogP contribution in [0, 0.1) is 55.4 Å². The number of thiazole rings is 4. The molecule has 104 heavy (non-hydrogen) atoms. The molecule has 1 aliphatic rings. The number of carbonyl (C=O) groups is 4. The van der Waals surface area contributed by atoms with Crippen LogP contribution in [0.3, 0.4) is 0 Å². The van der Waals surface area contributed by atoms with Crippen molar-refractivity contribution in [2.24, 2.45) is 0 Å². The lowest BCUT2D eigenvalue weighted by Gasteiger charge is -2.32. The van der Waals surface area contributed by atoms with E-state index >= 15 is 0 Å². The van der Waals surface area contributed by atoms with Gasteiger partial charge in [0.15, 0.2) is 0 Å². The second-order valence-corrected chi connectivity index (χ2v) is 30.0. The second kappa shape index (κ2) is 34.5. The van der Waals surface area contributed by atoms with Gasteiger partial charge in [0.25, 0.3) is 11.8 Å². The number of ether oxygens (including phenoxy) is 2. The van der Waals surface area contributed by atoms with Crippen LogP contribution in [-0.2, 0) is 18.8 Å². The lowest BCUT2D eigenvalue weighted by Crippen LogP contribution is -2.41. The average Bonchev–Trinajstić information content (AvgIpc) is 1.61. The van der Waals surface area contributed by atoms with Gasteiger partial charge in [-0.3, -0.25) is 19.6 Å². The lowest BCUT2D eigenvalue weighted by molar-refractivity contribution is 0.00578. The Hall–Kier alpha value is -10.1. The van der Waals surface area contributed by atoms with Gasteiger partial charge in [0.1, 0.15) is 50.4 Å². The number of anilines is 2. The summed E-state index contributed by atoms with van der Waals surface area (Å²) in [5.74, 6) is 0.258. The van der Waals surface area contributed by atoms with Gasteiger partial charge in [-0.15, -0.1) is 55.5 Å². The van der Waals surface area contributed by atoms with Crippen LogP contribution in [-0.4, -0.2) is 147 Å². The molecule has 0 unspecified atom stereocenters. The Kier molecular flexibility index (Phi) is 25.9. The Balaban J connectivity index is 0.000000159. The van der Waals surface area contributed by atoms with Crippen LogP contribution >= 0.6 is 61.3 Å². The van der Waals surface area contributed by atoms with Gasteiger partial charge in [-0.1, -0.05) is 12.1 Å². The fourth-order valence-corrected chi connectivity index (χ4v) is 12.7. The fourth-order valence-electron chi connectivity index (χ4n) is 9.68. The van der Waals surface area contributed by atoms with Crippen LogP contribution in [0.2, 0.25) is 0 Å². The molecule has 28 nitrogen and oxygen atoms in total. The molecule has 0 aliphatic carbocycles. The number of hydrogen-bond donors (Lipinski definition) is 2. The van der Waals surface area contributed by atoms with E-state index in [1.807, 2.05) is 132 Å². The smallest absolute Gasteiger partial charge is 0.464 e. The highest BCUT2D eigenvalue weighted by atomic mass is 79.9. The third kappa shape index (κ3) is 19.6. The van der Waals surface area contributed by atoms with Crippen molar-refractivity contribution < 1.29 is 38.0 Å². The SMILES string of the molecule is COC(=O)c1cc(-c2csc(C)n2)c(C)cn1.COC(=O)c1cc(B2OC(C)(C)C(C)(C)O2)c(C)cn1.Cc1nc(-c2cc(C(=O)Nc3cccc(-c4nnnn4C(C)C)n3)ncc2C)cs1.Cc1nc(-c2cc(C(=O)Nc3cccc(-c4nnnn4C(C)C)n3)ncc2C)cs1.Cc1nc(Br)cs1. The van der Waals surface area contributed by atoms with Crippen LogP contribution in [0.5, 0.6) is 0 Å². The second-order valence-electron chi connectivity index (χ2n) is 24.9. The Bertz CT molecular complexity index is 4810. The maximum atomic E-state index is 12.8. The molecule has 538 valence electrons. The van der Waals surface area contributed by atoms with Gasteiger partial charge < -0.3 is 29.4 Å². The number of hydrogen-bond acceptors (Lipinski definition) is 28. The minimum absolute atomic E-state index is 0.0829. The van der Waals surface area contributed by atoms with Crippen LogP contribution in [0.1, 0.15) is 152 Å². The highest BCUT2D eigenvalue weighted by Crippen LogP contribution is 2.37. The number of amides is 2. The van der Waals surface area contributed by atoms with Gasteiger partial charge in [-0.2, -0.15) is 0 Å². The molecule has 13 rings (SSSR count). The molecule has 0 spiro atoms. The Morgan fingerprint density at radius 2 is 0.837 bits per heavy atom. The van der Waals surface area contributed by atoms with E-state index in [2.05, 4.69) is 112 Å². The molecule has 12 aromatic heterocycles. The first-order valence-electron chi connectivity index (χ1n) is 32.3. The van der Waals surface area contributed by atoms with Crippen molar-refractivity contribution in [3.05, 3.63) is 177 Å². The monoisotopic (exact) mass is 1540 g/mol. The molecule has 2 amide bonds. The number of tetrazole rings is 2. The van der Waals surface area contributed by atoms with Gasteiger partial charge in [0, 0.05) is 63.0 Å². The first-order valence-corrected chi connectivity index (χ1v) is 36.6. The summed E-state index contributed by atoms with van der Waals surface area (Å²) in [6, 6.07) is 17.7. The molecule has 0 atom stereocenters. The molecular formula is C70H76BBrN20O8S4. The van der Waals surface area contributed by atoms with Crippen LogP contribution in [0.4, 0.5) is 11.6 Å². The summed E-state index contributed by atoms with van der Waals surface area (Å²) in [6.45, 7) is 31.5. The molecule has 0 aromatic carbocycles. The quantitative estimate of drug-likeness (QED) is 0.0754. The maximum absolute atomic E-state index is 12.8. The summed E-state index contributed by atoms with van der Waals surface area (Å²) < 4.78 is 25.6. The highest BCUT2D eigenvalue weighted by molar-refractivity contribution is 9.10. The molecule has 2 N–H and O–H groups in total. The largest absolute Gasteiger partial charge is 0.495 e. The number of esters is 2. The van der Waals surface area contributed by atoms with Crippen molar-refractivity contribution in [3.63, 3.8) is 0 Å². The number of rotatable bonds is 14. The van der Waals surface area contributed by atoms with E-state index in [1.54, 1.807) is 140 Å². The van der Waals surface area contributed by atoms with Crippen molar-refractivity contribution in [2.45, 2.75) is 134 Å².